The van der Waals surface area contributed by atoms with Gasteiger partial charge in [0.25, 0.3) is 0 Å². The van der Waals surface area contributed by atoms with E-state index in [4.69, 9.17) is 18.2 Å². The van der Waals surface area contributed by atoms with Crippen LogP contribution >= 0.6 is 11.6 Å². The summed E-state index contributed by atoms with van der Waals surface area (Å²) in [5, 5.41) is 4.73. The average molecular weight is 295 g/mol. The smallest absolute Gasteiger partial charge is 0.208 e. The Morgan fingerprint density at radius 2 is 1.81 bits per heavy atom. The molecule has 1 aromatic carbocycles. The quantitative estimate of drug-likeness (QED) is 0.685. The van der Waals surface area contributed by atoms with Crippen molar-refractivity contribution in [2.45, 2.75) is 6.92 Å². The first-order valence-electron chi connectivity index (χ1n) is 6.35. The highest BCUT2D eigenvalue weighted by molar-refractivity contribution is 6.35. The Morgan fingerprint density at radius 1 is 1.05 bits per heavy atom. The van der Waals surface area contributed by atoms with Crippen molar-refractivity contribution in [2.24, 2.45) is 0 Å². The van der Waals surface area contributed by atoms with Gasteiger partial charge >= 0.3 is 0 Å². The van der Waals surface area contributed by atoms with Crippen LogP contribution in [0.1, 0.15) is 5.69 Å². The Bertz CT molecular complexity index is 868. The van der Waals surface area contributed by atoms with Crippen LogP contribution in [-0.4, -0.2) is 9.97 Å². The Labute approximate surface area is 127 Å². The van der Waals surface area contributed by atoms with Crippen LogP contribution in [0.4, 0.5) is 17.3 Å². The number of fused-ring (bicyclic) bond motifs is 1. The molecule has 21 heavy (non-hydrogen) atoms. The molecule has 0 atom stereocenters. The van der Waals surface area contributed by atoms with E-state index in [-0.39, 0.29) is 0 Å². The lowest BCUT2D eigenvalue weighted by atomic mass is 10.2. The highest BCUT2D eigenvalue weighted by atomic mass is 35.5. The fraction of sp³-hybridized carbons (Fsp3) is 0.0625. The number of aryl methyl sites for hydroxylation is 1. The predicted octanol–water partition coefficient (Wildman–Crippen LogP) is 4.89. The van der Waals surface area contributed by atoms with Gasteiger partial charge in [-0.05, 0) is 31.2 Å². The standard InChI is InChI=1S/C16H11ClN4/c1-10-13(18-2)7-9-14(19-10)20-15-8-6-11-4-3-5-12(17)16(11)21-15/h3-9H,1H3,(H,19,20,21). The fourth-order valence-corrected chi connectivity index (χ4v) is 2.28. The van der Waals surface area contributed by atoms with Gasteiger partial charge in [-0.3, -0.25) is 0 Å². The summed E-state index contributed by atoms with van der Waals surface area (Å²) in [6, 6.07) is 13.0. The number of para-hydroxylation sites is 1. The van der Waals surface area contributed by atoms with E-state index in [1.807, 2.05) is 37.3 Å². The minimum atomic E-state index is 0.551. The van der Waals surface area contributed by atoms with Crippen LogP contribution in [-0.2, 0) is 0 Å². The maximum Gasteiger partial charge on any atom is 0.208 e. The van der Waals surface area contributed by atoms with Gasteiger partial charge in [0, 0.05) is 11.1 Å². The lowest BCUT2D eigenvalue weighted by molar-refractivity contribution is 1.20. The Balaban J connectivity index is 1.97. The molecule has 0 unspecified atom stereocenters. The molecule has 0 aliphatic carbocycles. The summed E-state index contributed by atoms with van der Waals surface area (Å²) >= 11 is 6.16. The molecule has 0 saturated carbocycles. The van der Waals surface area contributed by atoms with Gasteiger partial charge in [0.15, 0.2) is 0 Å². The number of aromatic nitrogens is 2. The second-order valence-electron chi connectivity index (χ2n) is 4.55. The molecule has 0 aliphatic heterocycles. The first-order valence-corrected chi connectivity index (χ1v) is 6.72. The van der Waals surface area contributed by atoms with Crippen LogP contribution in [0.25, 0.3) is 15.7 Å². The molecule has 102 valence electrons. The van der Waals surface area contributed by atoms with Gasteiger partial charge in [0.2, 0.25) is 5.69 Å². The van der Waals surface area contributed by atoms with Crippen molar-refractivity contribution in [2.75, 3.05) is 5.32 Å². The summed E-state index contributed by atoms with van der Waals surface area (Å²) in [5.41, 5.74) is 1.99. The number of nitrogens with zero attached hydrogens (tertiary/aromatic N) is 3. The van der Waals surface area contributed by atoms with Crippen LogP contribution in [0.2, 0.25) is 5.02 Å². The number of hydrogen-bond donors (Lipinski definition) is 1. The molecule has 4 nitrogen and oxygen atoms in total. The van der Waals surface area contributed by atoms with Gasteiger partial charge in [-0.25, -0.2) is 14.8 Å². The van der Waals surface area contributed by atoms with Gasteiger partial charge in [0.1, 0.15) is 11.6 Å². The SMILES string of the molecule is [C-]#[N+]c1ccc(Nc2ccc3cccc(Cl)c3n2)nc1C. The lowest BCUT2D eigenvalue weighted by Gasteiger charge is -2.08. The number of halogens is 1. The van der Waals surface area contributed by atoms with Gasteiger partial charge in [-0.15, -0.1) is 0 Å². The second-order valence-corrected chi connectivity index (χ2v) is 4.95. The van der Waals surface area contributed by atoms with E-state index in [2.05, 4.69) is 20.1 Å². The summed E-state index contributed by atoms with van der Waals surface area (Å²) < 4.78 is 0. The molecule has 0 fully saturated rings. The van der Waals surface area contributed by atoms with E-state index >= 15 is 0 Å². The first-order chi connectivity index (χ1) is 10.2. The van der Waals surface area contributed by atoms with E-state index in [9.17, 15) is 0 Å². The highest BCUT2D eigenvalue weighted by Crippen LogP contribution is 2.25. The van der Waals surface area contributed by atoms with Crippen LogP contribution in [0.5, 0.6) is 0 Å². The van der Waals surface area contributed by atoms with Crippen molar-refractivity contribution in [3.8, 4) is 0 Å². The molecule has 1 N–H and O–H groups in total. The third kappa shape index (κ3) is 2.64. The Hall–Kier alpha value is -2.64. The van der Waals surface area contributed by atoms with E-state index in [0.29, 0.717) is 28.0 Å². The van der Waals surface area contributed by atoms with Crippen molar-refractivity contribution in [1.29, 1.82) is 0 Å². The van der Waals surface area contributed by atoms with Gasteiger partial charge in [-0.1, -0.05) is 29.8 Å². The zero-order valence-corrected chi connectivity index (χ0v) is 12.0. The largest absolute Gasteiger partial charge is 0.325 e. The van der Waals surface area contributed by atoms with E-state index in [1.54, 1.807) is 12.1 Å². The molecular formula is C16H11ClN4. The third-order valence-electron chi connectivity index (χ3n) is 3.11. The van der Waals surface area contributed by atoms with Crippen molar-refractivity contribution < 1.29 is 0 Å². The summed E-state index contributed by atoms with van der Waals surface area (Å²) in [7, 11) is 0. The maximum absolute atomic E-state index is 7.03. The molecule has 3 aromatic rings. The lowest BCUT2D eigenvalue weighted by Crippen LogP contribution is -1.97. The van der Waals surface area contributed by atoms with Gasteiger partial charge in [-0.2, -0.15) is 0 Å². The first kappa shape index (κ1) is 13.3. The van der Waals surface area contributed by atoms with Gasteiger partial charge < -0.3 is 5.32 Å². The molecule has 0 spiro atoms. The van der Waals surface area contributed by atoms with Crippen LogP contribution < -0.4 is 5.32 Å². The molecule has 5 heteroatoms. The minimum absolute atomic E-state index is 0.551. The zero-order chi connectivity index (χ0) is 14.8. The molecule has 3 rings (SSSR count). The van der Waals surface area contributed by atoms with E-state index < -0.39 is 0 Å². The minimum Gasteiger partial charge on any atom is -0.325 e. The molecule has 0 amide bonds. The second kappa shape index (κ2) is 5.39. The van der Waals surface area contributed by atoms with Crippen molar-refractivity contribution >= 4 is 39.8 Å². The third-order valence-corrected chi connectivity index (χ3v) is 3.41. The fourth-order valence-electron chi connectivity index (χ4n) is 2.05. The predicted molar refractivity (Wildman–Crippen MR) is 85.3 cm³/mol. The normalized spacial score (nSPS) is 10.3. The summed E-state index contributed by atoms with van der Waals surface area (Å²) in [6.45, 7) is 8.84. The topological polar surface area (TPSA) is 42.2 Å². The molecule has 0 saturated heterocycles. The summed E-state index contributed by atoms with van der Waals surface area (Å²) in [4.78, 5) is 12.2. The van der Waals surface area contributed by atoms with Crippen molar-refractivity contribution in [3.63, 3.8) is 0 Å². The maximum atomic E-state index is 7.03. The van der Waals surface area contributed by atoms with E-state index in [0.717, 1.165) is 10.9 Å². The number of rotatable bonds is 2. The number of nitrogens with one attached hydrogen (secondary N) is 1. The Morgan fingerprint density at radius 3 is 2.57 bits per heavy atom. The molecule has 2 aromatic heterocycles. The molecule has 0 radical (unpaired) electrons. The Kier molecular flexibility index (Phi) is 3.43. The monoisotopic (exact) mass is 294 g/mol. The van der Waals surface area contributed by atoms with Crippen molar-refractivity contribution in [1.82, 2.24) is 9.97 Å². The summed E-state index contributed by atoms with van der Waals surface area (Å²) in [6.07, 6.45) is 0. The molecule has 2 heterocycles. The number of benzene rings is 1. The van der Waals surface area contributed by atoms with Crippen LogP contribution in [0.3, 0.4) is 0 Å². The average Bonchev–Trinajstić information content (AvgIpc) is 2.48. The highest BCUT2D eigenvalue weighted by Gasteiger charge is 2.05. The van der Waals surface area contributed by atoms with Crippen LogP contribution in [0.15, 0.2) is 42.5 Å². The molecule has 0 aliphatic rings. The van der Waals surface area contributed by atoms with Crippen LogP contribution in [0, 0.1) is 13.5 Å². The van der Waals surface area contributed by atoms with Gasteiger partial charge in [0.05, 0.1) is 17.1 Å². The van der Waals surface area contributed by atoms with E-state index in [1.165, 1.54) is 0 Å². The van der Waals surface area contributed by atoms with Crippen molar-refractivity contribution in [3.05, 3.63) is 64.6 Å². The number of pyridine rings is 2. The zero-order valence-electron chi connectivity index (χ0n) is 11.3. The number of anilines is 2. The number of hydrogen-bond acceptors (Lipinski definition) is 3. The molecule has 0 bridgehead atoms. The summed E-state index contributed by atoms with van der Waals surface area (Å²) in [5.74, 6) is 1.32. The molecular weight excluding hydrogens is 284 g/mol.